The van der Waals surface area contributed by atoms with Gasteiger partial charge in [0.15, 0.2) is 0 Å². The Hall–Kier alpha value is -0.780. The van der Waals surface area contributed by atoms with Crippen molar-refractivity contribution in [2.24, 2.45) is 5.92 Å². The first-order valence-corrected chi connectivity index (χ1v) is 8.02. The average Bonchev–Trinajstić information content (AvgIpc) is 2.92. The Morgan fingerprint density at radius 3 is 2.50 bits per heavy atom. The highest BCUT2D eigenvalue weighted by atomic mass is 35.7. The topological polar surface area (TPSA) is 63.2 Å². The zero-order valence-electron chi connectivity index (χ0n) is 9.48. The molecule has 1 saturated carbocycles. The Morgan fingerprint density at radius 1 is 1.39 bits per heavy atom. The summed E-state index contributed by atoms with van der Waals surface area (Å²) in [6.07, 6.45) is 0.937. The number of rotatable bonds is 3. The summed E-state index contributed by atoms with van der Waals surface area (Å²) in [5.74, 6) is 0.123. The quantitative estimate of drug-likeness (QED) is 0.872. The van der Waals surface area contributed by atoms with E-state index in [2.05, 4.69) is 5.32 Å². The molecule has 98 valence electrons. The van der Waals surface area contributed by atoms with Gasteiger partial charge in [0.2, 0.25) is 0 Å². The van der Waals surface area contributed by atoms with Crippen molar-refractivity contribution in [2.75, 3.05) is 0 Å². The van der Waals surface area contributed by atoms with E-state index in [-0.39, 0.29) is 27.4 Å². The summed E-state index contributed by atoms with van der Waals surface area (Å²) >= 11 is 5.78. The molecule has 1 aromatic carbocycles. The summed E-state index contributed by atoms with van der Waals surface area (Å²) in [4.78, 5) is 11.7. The smallest absolute Gasteiger partial charge is 0.261 e. The third-order valence-corrected chi connectivity index (χ3v) is 4.39. The number of carbonyl (C=O) groups excluding carboxylic acids is 1. The van der Waals surface area contributed by atoms with Crippen LogP contribution in [0.2, 0.25) is 5.02 Å². The Bertz CT molecular complexity index is 600. The fourth-order valence-electron chi connectivity index (χ4n) is 1.61. The van der Waals surface area contributed by atoms with Gasteiger partial charge in [0.05, 0.1) is 4.90 Å². The SMILES string of the molecule is CC1CC1NC(=O)c1cc(Cl)cc(S(=O)(=O)Cl)c1. The van der Waals surface area contributed by atoms with Crippen LogP contribution >= 0.6 is 22.3 Å². The van der Waals surface area contributed by atoms with Crippen molar-refractivity contribution in [1.82, 2.24) is 5.32 Å². The number of nitrogens with one attached hydrogen (secondary N) is 1. The van der Waals surface area contributed by atoms with Crippen molar-refractivity contribution in [3.63, 3.8) is 0 Å². The summed E-state index contributed by atoms with van der Waals surface area (Å²) in [6.45, 7) is 2.03. The van der Waals surface area contributed by atoms with Gasteiger partial charge in [0.1, 0.15) is 0 Å². The minimum Gasteiger partial charge on any atom is -0.349 e. The van der Waals surface area contributed by atoms with Crippen LogP contribution in [0.25, 0.3) is 0 Å². The maximum atomic E-state index is 11.9. The van der Waals surface area contributed by atoms with Crippen LogP contribution in [0.3, 0.4) is 0 Å². The van der Waals surface area contributed by atoms with Crippen molar-refractivity contribution >= 4 is 37.2 Å². The number of hydrogen-bond acceptors (Lipinski definition) is 3. The van der Waals surface area contributed by atoms with E-state index in [1.54, 1.807) is 0 Å². The van der Waals surface area contributed by atoms with Gasteiger partial charge >= 0.3 is 0 Å². The molecule has 4 nitrogen and oxygen atoms in total. The molecule has 1 fully saturated rings. The van der Waals surface area contributed by atoms with E-state index in [4.69, 9.17) is 22.3 Å². The van der Waals surface area contributed by atoms with Crippen LogP contribution in [0.1, 0.15) is 23.7 Å². The second-order valence-electron chi connectivity index (χ2n) is 4.41. The largest absolute Gasteiger partial charge is 0.349 e. The normalized spacial score (nSPS) is 22.6. The van der Waals surface area contributed by atoms with Crippen molar-refractivity contribution in [3.05, 3.63) is 28.8 Å². The van der Waals surface area contributed by atoms with Crippen molar-refractivity contribution in [2.45, 2.75) is 24.3 Å². The third kappa shape index (κ3) is 3.16. The van der Waals surface area contributed by atoms with Gasteiger partial charge in [-0.15, -0.1) is 0 Å². The molecule has 18 heavy (non-hydrogen) atoms. The van der Waals surface area contributed by atoms with Gasteiger partial charge in [-0.2, -0.15) is 0 Å². The zero-order valence-corrected chi connectivity index (χ0v) is 11.8. The van der Waals surface area contributed by atoms with Crippen LogP contribution in [-0.2, 0) is 9.05 Å². The molecule has 2 atom stereocenters. The number of hydrogen-bond donors (Lipinski definition) is 1. The average molecular weight is 308 g/mol. The number of amides is 1. The summed E-state index contributed by atoms with van der Waals surface area (Å²) in [5.41, 5.74) is 0.195. The van der Waals surface area contributed by atoms with E-state index in [1.165, 1.54) is 18.2 Å². The summed E-state index contributed by atoms with van der Waals surface area (Å²) in [5, 5.41) is 2.95. The molecular weight excluding hydrogens is 297 g/mol. The van der Waals surface area contributed by atoms with E-state index in [9.17, 15) is 13.2 Å². The lowest BCUT2D eigenvalue weighted by atomic mass is 10.2. The van der Waals surface area contributed by atoms with E-state index >= 15 is 0 Å². The molecule has 2 rings (SSSR count). The Kier molecular flexibility index (Phi) is 3.58. The highest BCUT2D eigenvalue weighted by molar-refractivity contribution is 8.13. The lowest BCUT2D eigenvalue weighted by Crippen LogP contribution is -2.26. The van der Waals surface area contributed by atoms with Gasteiger partial charge in [-0.1, -0.05) is 18.5 Å². The van der Waals surface area contributed by atoms with Crippen LogP contribution < -0.4 is 5.32 Å². The Balaban J connectivity index is 2.27. The first kappa shape index (κ1) is 13.6. The number of benzene rings is 1. The summed E-state index contributed by atoms with van der Waals surface area (Å²) in [6, 6.07) is 4.00. The van der Waals surface area contributed by atoms with Crippen molar-refractivity contribution < 1.29 is 13.2 Å². The molecule has 1 aromatic rings. The first-order chi connectivity index (χ1) is 8.27. The molecule has 0 heterocycles. The minimum absolute atomic E-state index is 0.158. The van der Waals surface area contributed by atoms with E-state index in [1.807, 2.05) is 6.92 Å². The Labute approximate surface area is 115 Å². The van der Waals surface area contributed by atoms with Gasteiger partial charge in [0.25, 0.3) is 15.0 Å². The molecule has 2 unspecified atom stereocenters. The first-order valence-electron chi connectivity index (χ1n) is 5.33. The van der Waals surface area contributed by atoms with Crippen LogP contribution in [0, 0.1) is 5.92 Å². The maximum Gasteiger partial charge on any atom is 0.261 e. The molecule has 7 heteroatoms. The Morgan fingerprint density at radius 2 is 2.00 bits per heavy atom. The van der Waals surface area contributed by atoms with E-state index in [0.29, 0.717) is 5.92 Å². The summed E-state index contributed by atoms with van der Waals surface area (Å²) in [7, 11) is 1.33. The molecular formula is C11H11Cl2NO3S. The molecule has 1 N–H and O–H groups in total. The van der Waals surface area contributed by atoms with Crippen LogP contribution in [-0.4, -0.2) is 20.4 Å². The lowest BCUT2D eigenvalue weighted by molar-refractivity contribution is 0.0949. The molecule has 1 aliphatic rings. The monoisotopic (exact) mass is 307 g/mol. The molecule has 0 aromatic heterocycles. The fourth-order valence-corrected chi connectivity index (χ4v) is 2.71. The lowest BCUT2D eigenvalue weighted by Gasteiger charge is -2.06. The molecule has 1 aliphatic carbocycles. The van der Waals surface area contributed by atoms with Gasteiger partial charge in [-0.25, -0.2) is 8.42 Å². The zero-order chi connectivity index (χ0) is 13.5. The second kappa shape index (κ2) is 4.72. The molecule has 0 spiro atoms. The number of halogens is 2. The fraction of sp³-hybridized carbons (Fsp3) is 0.364. The molecule has 0 radical (unpaired) electrons. The van der Waals surface area contributed by atoms with Crippen molar-refractivity contribution in [3.8, 4) is 0 Å². The van der Waals surface area contributed by atoms with Crippen LogP contribution in [0.15, 0.2) is 23.1 Å². The molecule has 0 bridgehead atoms. The van der Waals surface area contributed by atoms with Gasteiger partial charge < -0.3 is 5.32 Å². The van der Waals surface area contributed by atoms with Crippen LogP contribution in [0.4, 0.5) is 0 Å². The summed E-state index contributed by atoms with van der Waals surface area (Å²) < 4.78 is 22.4. The predicted octanol–water partition coefficient (Wildman–Crippen LogP) is 2.41. The van der Waals surface area contributed by atoms with Crippen LogP contribution in [0.5, 0.6) is 0 Å². The molecule has 1 amide bonds. The third-order valence-electron chi connectivity index (χ3n) is 2.84. The number of carbonyl (C=O) groups is 1. The molecule has 0 saturated heterocycles. The van der Waals surface area contributed by atoms with Crippen molar-refractivity contribution in [1.29, 1.82) is 0 Å². The minimum atomic E-state index is -3.90. The highest BCUT2D eigenvalue weighted by Crippen LogP contribution is 2.29. The predicted molar refractivity (Wildman–Crippen MR) is 69.5 cm³/mol. The van der Waals surface area contributed by atoms with E-state index in [0.717, 1.165) is 6.42 Å². The van der Waals surface area contributed by atoms with Gasteiger partial charge in [0, 0.05) is 27.3 Å². The van der Waals surface area contributed by atoms with Gasteiger partial charge in [-0.05, 0) is 30.5 Å². The molecule has 0 aliphatic heterocycles. The van der Waals surface area contributed by atoms with Gasteiger partial charge in [-0.3, -0.25) is 4.79 Å². The highest BCUT2D eigenvalue weighted by Gasteiger charge is 2.34. The maximum absolute atomic E-state index is 11.9. The second-order valence-corrected chi connectivity index (χ2v) is 7.41. The standard InChI is InChI=1S/C11H11Cl2NO3S/c1-6-2-10(6)14-11(15)7-3-8(12)5-9(4-7)18(13,16)17/h3-6,10H,2H2,1H3,(H,14,15). The van der Waals surface area contributed by atoms with E-state index < -0.39 is 9.05 Å².